The van der Waals surface area contributed by atoms with E-state index in [1.165, 1.54) is 0 Å². The largest absolute Gasteiger partial charge is 0.426 e. The maximum Gasteiger partial charge on any atom is 0.170 e. The zero-order valence-electron chi connectivity index (χ0n) is 5.90. The van der Waals surface area contributed by atoms with Gasteiger partial charge in [0.25, 0.3) is 0 Å². The summed E-state index contributed by atoms with van der Waals surface area (Å²) < 4.78 is 5.07. The first-order valence-electron chi connectivity index (χ1n) is 2.75. The minimum Gasteiger partial charge on any atom is -0.426 e. The van der Waals surface area contributed by atoms with Crippen molar-refractivity contribution >= 4 is 9.76 Å². The molecule has 0 aromatic heterocycles. The van der Waals surface area contributed by atoms with E-state index < -0.39 is 0 Å². The van der Waals surface area contributed by atoms with Crippen molar-refractivity contribution in [2.45, 2.75) is 18.9 Å². The lowest BCUT2D eigenvalue weighted by atomic mass is 10.2. The van der Waals surface area contributed by atoms with Gasteiger partial charge in [0.05, 0.1) is 0 Å². The van der Waals surface area contributed by atoms with Crippen LogP contribution in [0.1, 0.15) is 13.8 Å². The van der Waals surface area contributed by atoms with Crippen molar-refractivity contribution < 1.29 is 4.43 Å². The van der Waals surface area contributed by atoms with Crippen molar-refractivity contribution in [3.8, 4) is 0 Å². The van der Waals surface area contributed by atoms with Gasteiger partial charge >= 0.3 is 0 Å². The molecule has 0 saturated heterocycles. The van der Waals surface area contributed by atoms with Gasteiger partial charge in [-0.2, -0.15) is 0 Å². The smallest absolute Gasteiger partial charge is 0.170 e. The van der Waals surface area contributed by atoms with E-state index in [1.54, 1.807) is 7.11 Å². The van der Waals surface area contributed by atoms with Gasteiger partial charge in [0.15, 0.2) is 9.76 Å². The molecule has 0 aliphatic rings. The second-order valence-corrected chi connectivity index (χ2v) is 5.31. The van der Waals surface area contributed by atoms with Gasteiger partial charge in [-0.15, -0.1) is 6.58 Å². The highest BCUT2D eigenvalue weighted by molar-refractivity contribution is 6.32. The van der Waals surface area contributed by atoms with Crippen LogP contribution in [0.2, 0.25) is 5.04 Å². The molecule has 0 aromatic rings. The number of rotatable bonds is 3. The lowest BCUT2D eigenvalue weighted by Crippen LogP contribution is -2.10. The molecule has 48 valence electrons. The standard InChI is InChI=1S/C6H14OSi/c1-5-6(2,3)8-7-4/h5H,1,8H2,2-4H3. The van der Waals surface area contributed by atoms with E-state index in [0.717, 1.165) is 0 Å². The maximum absolute atomic E-state index is 5.07. The minimum atomic E-state index is -0.368. The van der Waals surface area contributed by atoms with Crippen LogP contribution in [-0.4, -0.2) is 16.9 Å². The van der Waals surface area contributed by atoms with Gasteiger partial charge in [-0.1, -0.05) is 19.9 Å². The fourth-order valence-electron chi connectivity index (χ4n) is 0.431. The fraction of sp³-hybridized carbons (Fsp3) is 0.667. The van der Waals surface area contributed by atoms with Gasteiger partial charge in [0.2, 0.25) is 0 Å². The van der Waals surface area contributed by atoms with Crippen molar-refractivity contribution in [1.82, 2.24) is 0 Å². The van der Waals surface area contributed by atoms with Crippen LogP contribution in [0.5, 0.6) is 0 Å². The van der Waals surface area contributed by atoms with Gasteiger partial charge < -0.3 is 4.43 Å². The van der Waals surface area contributed by atoms with E-state index >= 15 is 0 Å². The van der Waals surface area contributed by atoms with Crippen LogP contribution in [0.25, 0.3) is 0 Å². The zero-order valence-corrected chi connectivity index (χ0v) is 7.31. The third-order valence-corrected chi connectivity index (χ3v) is 2.39. The van der Waals surface area contributed by atoms with Crippen LogP contribution < -0.4 is 0 Å². The molecule has 0 radical (unpaired) electrons. The summed E-state index contributed by atoms with van der Waals surface area (Å²) >= 11 is 0. The second-order valence-electron chi connectivity index (χ2n) is 2.63. The summed E-state index contributed by atoms with van der Waals surface area (Å²) in [6.45, 7) is 8.00. The molecule has 0 bridgehead atoms. The van der Waals surface area contributed by atoms with Gasteiger partial charge in [-0.3, -0.25) is 0 Å². The number of hydrogen-bond donors (Lipinski definition) is 0. The average Bonchev–Trinajstić information content (AvgIpc) is 1.67. The molecule has 0 aromatic carbocycles. The first-order valence-corrected chi connectivity index (χ1v) is 4.03. The molecule has 0 spiro atoms. The van der Waals surface area contributed by atoms with E-state index in [4.69, 9.17) is 4.43 Å². The van der Waals surface area contributed by atoms with Crippen molar-refractivity contribution in [2.75, 3.05) is 7.11 Å². The lowest BCUT2D eigenvalue weighted by Gasteiger charge is -2.15. The number of allylic oxidation sites excluding steroid dienone is 1. The highest BCUT2D eigenvalue weighted by Crippen LogP contribution is 2.22. The van der Waals surface area contributed by atoms with E-state index in [1.807, 2.05) is 6.08 Å². The van der Waals surface area contributed by atoms with Crippen LogP contribution in [0.4, 0.5) is 0 Å². The van der Waals surface area contributed by atoms with Gasteiger partial charge in [0, 0.05) is 7.11 Å². The van der Waals surface area contributed by atoms with Crippen molar-refractivity contribution in [1.29, 1.82) is 0 Å². The van der Waals surface area contributed by atoms with Crippen LogP contribution in [0, 0.1) is 0 Å². The maximum atomic E-state index is 5.07. The highest BCUT2D eigenvalue weighted by Gasteiger charge is 2.11. The first kappa shape index (κ1) is 7.92. The quantitative estimate of drug-likeness (QED) is 0.410. The molecule has 0 rings (SSSR count). The van der Waals surface area contributed by atoms with Crippen LogP contribution in [0.15, 0.2) is 12.7 Å². The molecule has 0 heterocycles. The van der Waals surface area contributed by atoms with Crippen molar-refractivity contribution in [2.24, 2.45) is 0 Å². The summed E-state index contributed by atoms with van der Waals surface area (Å²) in [7, 11) is 1.39. The fourth-order valence-corrected chi connectivity index (χ4v) is 1.29. The Labute approximate surface area is 53.7 Å². The summed E-state index contributed by atoms with van der Waals surface area (Å²) in [6, 6.07) is 0. The molecule has 0 saturated carbocycles. The Hall–Kier alpha value is -0.0831. The summed E-state index contributed by atoms with van der Waals surface area (Å²) in [6.07, 6.45) is 1.96. The molecule has 0 N–H and O–H groups in total. The second kappa shape index (κ2) is 3.05. The highest BCUT2D eigenvalue weighted by atomic mass is 28.2. The Morgan fingerprint density at radius 3 is 2.25 bits per heavy atom. The SMILES string of the molecule is C=CC(C)(C)[SiH2]OC. The summed E-state index contributed by atoms with van der Waals surface area (Å²) in [4.78, 5) is 0. The first-order chi connectivity index (χ1) is 3.62. The monoisotopic (exact) mass is 130 g/mol. The van der Waals surface area contributed by atoms with Gasteiger partial charge in [-0.05, 0) is 5.04 Å². The van der Waals surface area contributed by atoms with Crippen LogP contribution >= 0.6 is 0 Å². The summed E-state index contributed by atoms with van der Waals surface area (Å²) in [5.74, 6) is 0. The molecule has 1 nitrogen and oxygen atoms in total. The zero-order chi connectivity index (χ0) is 6.62. The Balaban J connectivity index is 3.53. The van der Waals surface area contributed by atoms with Gasteiger partial charge in [0.1, 0.15) is 0 Å². The topological polar surface area (TPSA) is 9.23 Å². The van der Waals surface area contributed by atoms with Gasteiger partial charge in [-0.25, -0.2) is 0 Å². The molecule has 0 amide bonds. The normalized spacial score (nSPS) is 12.9. The lowest BCUT2D eigenvalue weighted by molar-refractivity contribution is 0.423. The molecular weight excluding hydrogens is 116 g/mol. The predicted molar refractivity (Wildman–Crippen MR) is 39.8 cm³/mol. The Morgan fingerprint density at radius 1 is 1.62 bits per heavy atom. The van der Waals surface area contributed by atoms with Crippen molar-refractivity contribution in [3.05, 3.63) is 12.7 Å². The number of hydrogen-bond acceptors (Lipinski definition) is 1. The van der Waals surface area contributed by atoms with E-state index in [0.29, 0.717) is 0 Å². The Bertz CT molecular complexity index is 78.6. The van der Waals surface area contributed by atoms with Crippen LogP contribution in [0.3, 0.4) is 0 Å². The van der Waals surface area contributed by atoms with E-state index in [-0.39, 0.29) is 14.8 Å². The molecule has 2 heteroatoms. The molecule has 0 fully saturated rings. The third-order valence-electron chi connectivity index (χ3n) is 1.07. The molecule has 0 atom stereocenters. The summed E-state index contributed by atoms with van der Waals surface area (Å²) in [5, 5.41) is 0.273. The molecule has 0 aliphatic carbocycles. The average molecular weight is 130 g/mol. The Kier molecular flexibility index (Phi) is 3.01. The van der Waals surface area contributed by atoms with E-state index in [9.17, 15) is 0 Å². The van der Waals surface area contributed by atoms with Crippen LogP contribution in [-0.2, 0) is 4.43 Å². The van der Waals surface area contributed by atoms with E-state index in [2.05, 4.69) is 20.4 Å². The Morgan fingerprint density at radius 2 is 2.12 bits per heavy atom. The molecule has 0 unspecified atom stereocenters. The predicted octanol–water partition coefficient (Wildman–Crippen LogP) is 1.10. The molecule has 0 aliphatic heterocycles. The van der Waals surface area contributed by atoms with Crippen molar-refractivity contribution in [3.63, 3.8) is 0 Å². The minimum absolute atomic E-state index is 0.273. The summed E-state index contributed by atoms with van der Waals surface area (Å²) in [5.41, 5.74) is 0. The molecular formula is C6H14OSi. The molecule has 8 heavy (non-hydrogen) atoms. The third kappa shape index (κ3) is 2.99.